The van der Waals surface area contributed by atoms with Gasteiger partial charge in [-0.1, -0.05) is 54.1 Å². The van der Waals surface area contributed by atoms with Crippen LogP contribution in [0, 0.1) is 6.92 Å². The van der Waals surface area contributed by atoms with Crippen molar-refractivity contribution in [1.82, 2.24) is 0 Å². The average Bonchev–Trinajstić information content (AvgIpc) is 2.61. The number of hydrogen-bond donors (Lipinski definition) is 2. The van der Waals surface area contributed by atoms with Gasteiger partial charge in [0.1, 0.15) is 0 Å². The monoisotopic (exact) mass is 367 g/mol. The van der Waals surface area contributed by atoms with Crippen LogP contribution in [0.5, 0.6) is 0 Å². The summed E-state index contributed by atoms with van der Waals surface area (Å²) in [5.74, 6) is -1.25. The highest BCUT2D eigenvalue weighted by molar-refractivity contribution is 8.04. The van der Waals surface area contributed by atoms with Gasteiger partial charge in [0.15, 0.2) is 0 Å². The second kappa shape index (κ2) is 9.63. The number of benzene rings is 2. The molecule has 0 aliphatic rings. The fraction of sp³-hybridized carbons (Fsp3) is 0.143. The number of aryl methyl sites for hydroxylation is 1. The molecule has 0 spiro atoms. The summed E-state index contributed by atoms with van der Waals surface area (Å²) in [4.78, 5) is 23.6. The molecule has 0 atom stereocenters. The molecule has 2 rings (SSSR count). The summed E-state index contributed by atoms with van der Waals surface area (Å²) < 4.78 is 0. The van der Waals surface area contributed by atoms with E-state index in [4.69, 9.17) is 0 Å². The van der Waals surface area contributed by atoms with Gasteiger partial charge in [-0.05, 0) is 43.2 Å². The van der Waals surface area contributed by atoms with Crippen molar-refractivity contribution in [2.24, 2.45) is 0 Å². The zero-order chi connectivity index (χ0) is 18.9. The Hall–Kier alpha value is -2.79. The number of anilines is 1. The Morgan fingerprint density at radius 2 is 1.73 bits per heavy atom. The molecule has 0 bridgehead atoms. The van der Waals surface area contributed by atoms with Gasteiger partial charge in [0.25, 0.3) is 0 Å². The third-order valence-electron chi connectivity index (χ3n) is 3.46. The van der Waals surface area contributed by atoms with Gasteiger partial charge in [-0.2, -0.15) is 0 Å². The number of allylic oxidation sites excluding steroid dienone is 2. The number of carbonyl (C=O) groups is 2. The number of carboxylic acid groups (broad SMARTS) is 1. The van der Waals surface area contributed by atoms with Gasteiger partial charge in [0.2, 0.25) is 5.91 Å². The molecule has 5 heteroatoms. The quantitative estimate of drug-likeness (QED) is 0.548. The molecule has 26 heavy (non-hydrogen) atoms. The Balaban J connectivity index is 1.99. The van der Waals surface area contributed by atoms with Gasteiger partial charge in [0, 0.05) is 5.69 Å². The molecule has 2 aromatic rings. The molecule has 0 aliphatic carbocycles. The van der Waals surface area contributed by atoms with E-state index in [1.54, 1.807) is 6.08 Å². The summed E-state index contributed by atoms with van der Waals surface area (Å²) in [5, 5.41) is 12.1. The van der Waals surface area contributed by atoms with Crippen molar-refractivity contribution in [3.05, 3.63) is 82.3 Å². The molecule has 0 fully saturated rings. The van der Waals surface area contributed by atoms with Gasteiger partial charge in [-0.15, -0.1) is 11.8 Å². The van der Waals surface area contributed by atoms with Crippen molar-refractivity contribution in [3.63, 3.8) is 0 Å². The van der Waals surface area contributed by atoms with Crippen LogP contribution in [-0.4, -0.2) is 22.7 Å². The van der Waals surface area contributed by atoms with Crippen LogP contribution in [0.3, 0.4) is 0 Å². The van der Waals surface area contributed by atoms with Gasteiger partial charge in [-0.25, -0.2) is 4.79 Å². The van der Waals surface area contributed by atoms with Crippen molar-refractivity contribution < 1.29 is 14.7 Å². The fourth-order valence-electron chi connectivity index (χ4n) is 2.20. The third-order valence-corrected chi connectivity index (χ3v) is 4.47. The van der Waals surface area contributed by atoms with E-state index >= 15 is 0 Å². The zero-order valence-electron chi connectivity index (χ0n) is 14.7. The van der Waals surface area contributed by atoms with Crippen LogP contribution in [0.1, 0.15) is 18.1 Å². The lowest BCUT2D eigenvalue weighted by Gasteiger charge is -2.06. The summed E-state index contributed by atoms with van der Waals surface area (Å²) in [7, 11) is 0. The molecular weight excluding hydrogens is 346 g/mol. The van der Waals surface area contributed by atoms with Crippen molar-refractivity contribution in [2.75, 3.05) is 11.1 Å². The summed E-state index contributed by atoms with van der Waals surface area (Å²) in [6.45, 7) is 3.81. The molecule has 0 saturated carbocycles. The molecule has 2 N–H and O–H groups in total. The zero-order valence-corrected chi connectivity index (χ0v) is 15.5. The van der Waals surface area contributed by atoms with Gasteiger partial charge in [0.05, 0.1) is 10.7 Å². The molecule has 0 aliphatic heterocycles. The van der Waals surface area contributed by atoms with E-state index in [-0.39, 0.29) is 16.6 Å². The van der Waals surface area contributed by atoms with E-state index in [9.17, 15) is 14.7 Å². The first-order chi connectivity index (χ1) is 12.4. The summed E-state index contributed by atoms with van der Waals surface area (Å²) in [6.07, 6.45) is 3.48. The van der Waals surface area contributed by atoms with E-state index in [0.717, 1.165) is 28.5 Å². The highest BCUT2D eigenvalue weighted by Crippen LogP contribution is 2.20. The van der Waals surface area contributed by atoms with Crippen LogP contribution >= 0.6 is 11.8 Å². The number of aliphatic carboxylic acids is 1. The SMILES string of the molecule is CC(=C\c1ccccc1)/C=C(/SCC(=O)Nc1ccc(C)cc1)C(=O)O. The maximum absolute atomic E-state index is 12.0. The largest absolute Gasteiger partial charge is 0.477 e. The second-order valence-corrected chi connectivity index (χ2v) is 6.83. The summed E-state index contributed by atoms with van der Waals surface area (Å²) >= 11 is 1.01. The van der Waals surface area contributed by atoms with Crippen molar-refractivity contribution >= 4 is 35.4 Å². The Bertz CT molecular complexity index is 824. The molecule has 134 valence electrons. The Morgan fingerprint density at radius 1 is 1.08 bits per heavy atom. The average molecular weight is 367 g/mol. The number of nitrogens with one attached hydrogen (secondary N) is 1. The van der Waals surface area contributed by atoms with E-state index in [1.165, 1.54) is 0 Å². The molecule has 1 amide bonds. The van der Waals surface area contributed by atoms with Gasteiger partial charge < -0.3 is 10.4 Å². The van der Waals surface area contributed by atoms with E-state index < -0.39 is 5.97 Å². The minimum atomic E-state index is -1.04. The number of carbonyl (C=O) groups excluding carboxylic acids is 1. The Labute approximate surface area is 157 Å². The van der Waals surface area contributed by atoms with E-state index in [0.29, 0.717) is 5.69 Å². The first kappa shape index (κ1) is 19.5. The second-order valence-electron chi connectivity index (χ2n) is 5.82. The van der Waals surface area contributed by atoms with Crippen LogP contribution in [0.25, 0.3) is 6.08 Å². The molecule has 0 aromatic heterocycles. The minimum Gasteiger partial charge on any atom is -0.477 e. The molecule has 0 radical (unpaired) electrons. The van der Waals surface area contributed by atoms with E-state index in [1.807, 2.05) is 74.5 Å². The standard InChI is InChI=1S/C21H21NO3S/c1-15-8-10-18(11-9-15)22-20(23)14-26-19(21(24)25)13-16(2)12-17-6-4-3-5-7-17/h3-13H,14H2,1-2H3,(H,22,23)(H,24,25)/b16-12+,19-13+. The van der Waals surface area contributed by atoms with Gasteiger partial charge in [-0.3, -0.25) is 4.79 Å². The van der Waals surface area contributed by atoms with Gasteiger partial charge >= 0.3 is 5.97 Å². The van der Waals surface area contributed by atoms with Crippen molar-refractivity contribution in [2.45, 2.75) is 13.8 Å². The number of carboxylic acids is 1. The molecule has 0 unspecified atom stereocenters. The number of rotatable bonds is 7. The van der Waals surface area contributed by atoms with Crippen molar-refractivity contribution in [3.8, 4) is 0 Å². The molecule has 4 nitrogen and oxygen atoms in total. The number of amides is 1. The smallest absolute Gasteiger partial charge is 0.342 e. The molecular formula is C21H21NO3S. The third kappa shape index (κ3) is 6.61. The minimum absolute atomic E-state index is 0.0324. The lowest BCUT2D eigenvalue weighted by atomic mass is 10.1. The number of hydrogen-bond acceptors (Lipinski definition) is 3. The highest BCUT2D eigenvalue weighted by atomic mass is 32.2. The summed E-state index contributed by atoms with van der Waals surface area (Å²) in [5.41, 5.74) is 3.60. The Kier molecular flexibility index (Phi) is 7.24. The predicted molar refractivity (Wildman–Crippen MR) is 108 cm³/mol. The fourth-order valence-corrected chi connectivity index (χ4v) is 2.95. The van der Waals surface area contributed by atoms with Crippen LogP contribution in [0.4, 0.5) is 5.69 Å². The highest BCUT2D eigenvalue weighted by Gasteiger charge is 2.11. The lowest BCUT2D eigenvalue weighted by Crippen LogP contribution is -2.15. The maximum atomic E-state index is 12.0. The first-order valence-electron chi connectivity index (χ1n) is 8.11. The topological polar surface area (TPSA) is 66.4 Å². The van der Waals surface area contributed by atoms with Crippen molar-refractivity contribution in [1.29, 1.82) is 0 Å². The lowest BCUT2D eigenvalue weighted by molar-refractivity contribution is -0.131. The van der Waals surface area contributed by atoms with Crippen LogP contribution in [0.2, 0.25) is 0 Å². The molecule has 0 heterocycles. The predicted octanol–water partition coefficient (Wildman–Crippen LogP) is 4.74. The summed E-state index contributed by atoms with van der Waals surface area (Å²) in [6, 6.07) is 17.1. The van der Waals surface area contributed by atoms with Crippen LogP contribution in [-0.2, 0) is 9.59 Å². The van der Waals surface area contributed by atoms with E-state index in [2.05, 4.69) is 5.32 Å². The molecule has 2 aromatic carbocycles. The number of thioether (sulfide) groups is 1. The maximum Gasteiger partial charge on any atom is 0.342 e. The first-order valence-corrected chi connectivity index (χ1v) is 9.10. The van der Waals surface area contributed by atoms with Crippen LogP contribution < -0.4 is 5.32 Å². The van der Waals surface area contributed by atoms with Crippen LogP contribution in [0.15, 0.2) is 71.2 Å². The normalized spacial score (nSPS) is 11.9. The Morgan fingerprint density at radius 3 is 2.35 bits per heavy atom. The molecule has 0 saturated heterocycles.